The molecule has 0 heterocycles. The van der Waals surface area contributed by atoms with Crippen LogP contribution in [0.4, 0.5) is 0 Å². The summed E-state index contributed by atoms with van der Waals surface area (Å²) in [5.41, 5.74) is -0.980. The number of alkyl halides is 1. The fraction of sp³-hybridized carbons (Fsp3) is 0.833. The van der Waals surface area contributed by atoms with E-state index in [-0.39, 0.29) is 30.6 Å². The first-order chi connectivity index (χ1) is 12.1. The van der Waals surface area contributed by atoms with Crippen molar-refractivity contribution in [1.82, 2.24) is 4.67 Å². The molecule has 0 aromatic heterocycles. The molecule has 146 valence electrons. The lowest BCUT2D eigenvalue weighted by Crippen LogP contribution is -2.43. The van der Waals surface area contributed by atoms with Crippen LogP contribution in [0.25, 0.3) is 4.85 Å². The molecule has 0 spiro atoms. The fourth-order valence-electron chi connectivity index (χ4n) is 2.22. The number of halogens is 1. The summed E-state index contributed by atoms with van der Waals surface area (Å²) in [6, 6.07) is -0.277. The van der Waals surface area contributed by atoms with Crippen LogP contribution in [0.3, 0.4) is 0 Å². The zero-order valence-electron chi connectivity index (χ0n) is 16.7. The maximum atomic E-state index is 6.93. The molecule has 0 aromatic rings. The van der Waals surface area contributed by atoms with E-state index in [4.69, 9.17) is 46.2 Å². The van der Waals surface area contributed by atoms with Crippen molar-refractivity contribution >= 4 is 28.0 Å². The number of ether oxygens (including phenoxy) is 1. The van der Waals surface area contributed by atoms with E-state index in [1.165, 1.54) is 0 Å². The summed E-state index contributed by atoms with van der Waals surface area (Å²) in [5.74, 6) is 2.67. The zero-order chi connectivity index (χ0) is 20.3. The van der Waals surface area contributed by atoms with Gasteiger partial charge in [0.25, 0.3) is 8.53 Å². The van der Waals surface area contributed by atoms with Crippen molar-refractivity contribution in [2.75, 3.05) is 19.8 Å². The largest absolute Gasteiger partial charge is 0.365 e. The minimum absolute atomic E-state index is 0.136. The summed E-state index contributed by atoms with van der Waals surface area (Å²) >= 11 is 6.01. The lowest BCUT2D eigenvalue weighted by molar-refractivity contribution is -0.0524. The van der Waals surface area contributed by atoms with Crippen LogP contribution in [-0.2, 0) is 13.8 Å². The minimum atomic E-state index is -1.39. The molecule has 0 fully saturated rings. The maximum Gasteiger partial charge on any atom is 0.259 e. The van der Waals surface area contributed by atoms with Gasteiger partial charge in [0.05, 0.1) is 6.61 Å². The molecular formula is C18H31BClN2O3P. The fourth-order valence-corrected chi connectivity index (χ4v) is 3.92. The highest BCUT2D eigenvalue weighted by Gasteiger charge is 2.35. The molecule has 2 unspecified atom stereocenters. The Balaban J connectivity index is 5.27. The van der Waals surface area contributed by atoms with Crippen LogP contribution < -0.4 is 0 Å². The van der Waals surface area contributed by atoms with Crippen molar-refractivity contribution in [2.45, 2.75) is 77.0 Å². The van der Waals surface area contributed by atoms with E-state index >= 15 is 0 Å². The molecule has 0 aliphatic rings. The molecule has 0 saturated carbocycles. The topological polar surface area (TPSA) is 35.3 Å². The molecule has 5 nitrogen and oxygen atoms in total. The Kier molecular flexibility index (Phi) is 12.8. The standard InChI is InChI=1S/C18H31BClN2O3P/c1-9-18(10-2,25-17(19)16(7)20)13-24-26(23-12-11-21-8)22(14(3)4)15(5)6/h1,14-17H,10-13H2,2-7H3/t16-,17?,18-,26?/m1/s1. The lowest BCUT2D eigenvalue weighted by atomic mass is 9.94. The molecule has 0 saturated heterocycles. The summed E-state index contributed by atoms with van der Waals surface area (Å²) in [7, 11) is 4.55. The normalized spacial score (nSPS) is 17.5. The molecule has 0 aliphatic carbocycles. The summed E-state index contributed by atoms with van der Waals surface area (Å²) in [4.78, 5) is 3.33. The van der Waals surface area contributed by atoms with E-state index in [0.717, 1.165) is 0 Å². The molecule has 0 rings (SSSR count). The van der Waals surface area contributed by atoms with Gasteiger partial charge < -0.3 is 18.6 Å². The van der Waals surface area contributed by atoms with Gasteiger partial charge in [0.2, 0.25) is 6.54 Å². The van der Waals surface area contributed by atoms with Gasteiger partial charge in [-0.3, -0.25) is 0 Å². The van der Waals surface area contributed by atoms with Crippen molar-refractivity contribution < 1.29 is 13.8 Å². The number of terminal acetylenes is 1. The second-order valence-corrected chi connectivity index (χ2v) is 8.69. The number of rotatable bonds is 13. The van der Waals surface area contributed by atoms with Crippen LogP contribution in [0.15, 0.2) is 0 Å². The highest BCUT2D eigenvalue weighted by molar-refractivity contribution is 7.44. The van der Waals surface area contributed by atoms with Crippen molar-refractivity contribution in [3.63, 3.8) is 0 Å². The summed E-state index contributed by atoms with van der Waals surface area (Å²) in [5, 5.41) is -0.381. The lowest BCUT2D eigenvalue weighted by Gasteiger charge is -2.38. The average Bonchev–Trinajstić information content (AvgIpc) is 2.57. The number of hydrogen-bond donors (Lipinski definition) is 0. The average molecular weight is 401 g/mol. The van der Waals surface area contributed by atoms with Crippen molar-refractivity contribution in [2.24, 2.45) is 0 Å². The van der Waals surface area contributed by atoms with Crippen molar-refractivity contribution in [3.05, 3.63) is 11.4 Å². The van der Waals surface area contributed by atoms with Crippen molar-refractivity contribution in [3.8, 4) is 12.3 Å². The first-order valence-electron chi connectivity index (χ1n) is 8.86. The third-order valence-corrected chi connectivity index (χ3v) is 6.01. The number of hydrogen-bond acceptors (Lipinski definition) is 4. The first kappa shape index (κ1) is 25.7. The summed E-state index contributed by atoms with van der Waals surface area (Å²) in [6.45, 7) is 19.6. The van der Waals surface area contributed by atoms with Crippen LogP contribution in [0.2, 0.25) is 0 Å². The van der Waals surface area contributed by atoms with Gasteiger partial charge in [-0.05, 0) is 41.0 Å². The van der Waals surface area contributed by atoms with E-state index in [9.17, 15) is 0 Å². The third-order valence-electron chi connectivity index (χ3n) is 3.71. The molecular weight excluding hydrogens is 369 g/mol. The van der Waals surface area contributed by atoms with Crippen LogP contribution in [0.1, 0.15) is 48.0 Å². The first-order valence-corrected chi connectivity index (χ1v) is 10.4. The van der Waals surface area contributed by atoms with Crippen LogP contribution in [-0.4, -0.2) is 61.3 Å². The van der Waals surface area contributed by atoms with E-state index in [1.807, 2.05) is 6.92 Å². The monoisotopic (exact) mass is 400 g/mol. The van der Waals surface area contributed by atoms with Gasteiger partial charge in [0.15, 0.2) is 5.60 Å². The predicted octanol–water partition coefficient (Wildman–Crippen LogP) is 4.21. The smallest absolute Gasteiger partial charge is 0.259 e. The Morgan fingerprint density at radius 2 is 1.85 bits per heavy atom. The molecule has 0 bridgehead atoms. The Hall–Kier alpha value is -0.325. The molecule has 4 atom stereocenters. The summed E-state index contributed by atoms with van der Waals surface area (Å²) < 4.78 is 20.0. The summed E-state index contributed by atoms with van der Waals surface area (Å²) in [6.07, 6.45) is 6.25. The Labute approximate surface area is 167 Å². The maximum absolute atomic E-state index is 6.93. The van der Waals surface area contributed by atoms with E-state index < -0.39 is 20.1 Å². The molecule has 0 amide bonds. The highest BCUT2D eigenvalue weighted by Crippen LogP contribution is 2.46. The van der Waals surface area contributed by atoms with Gasteiger partial charge in [0, 0.05) is 23.5 Å². The zero-order valence-corrected chi connectivity index (χ0v) is 18.4. The SMILES string of the molecule is [B]C(O[C@](C#C)(CC)COP(OCC[N+]#[C-])N(C(C)C)C(C)C)[C@@H](C)Cl. The molecule has 26 heavy (non-hydrogen) atoms. The highest BCUT2D eigenvalue weighted by atomic mass is 35.5. The van der Waals surface area contributed by atoms with Crippen LogP contribution in [0, 0.1) is 18.9 Å². The Morgan fingerprint density at radius 3 is 2.23 bits per heavy atom. The van der Waals surface area contributed by atoms with Crippen molar-refractivity contribution in [1.29, 1.82) is 0 Å². The predicted molar refractivity (Wildman–Crippen MR) is 110 cm³/mol. The molecule has 0 aromatic carbocycles. The van der Waals surface area contributed by atoms with Crippen LogP contribution in [0.5, 0.6) is 0 Å². The molecule has 0 N–H and O–H groups in total. The molecule has 2 radical (unpaired) electrons. The van der Waals surface area contributed by atoms with Gasteiger partial charge in [0.1, 0.15) is 14.5 Å². The molecule has 8 heteroatoms. The van der Waals surface area contributed by atoms with Gasteiger partial charge in [-0.2, -0.15) is 0 Å². The third kappa shape index (κ3) is 8.58. The van der Waals surface area contributed by atoms with E-state index in [0.29, 0.717) is 13.0 Å². The van der Waals surface area contributed by atoms with Gasteiger partial charge in [-0.25, -0.2) is 11.2 Å². The van der Waals surface area contributed by atoms with E-state index in [1.54, 1.807) is 6.92 Å². The Morgan fingerprint density at radius 1 is 1.27 bits per heavy atom. The minimum Gasteiger partial charge on any atom is -0.365 e. The Bertz CT molecular complexity index is 474. The second kappa shape index (κ2) is 13.0. The van der Waals surface area contributed by atoms with E-state index in [2.05, 4.69) is 43.1 Å². The quantitative estimate of drug-likeness (QED) is 0.116. The molecule has 0 aliphatic heterocycles. The van der Waals surface area contributed by atoms with Crippen LogP contribution >= 0.6 is 20.1 Å². The second-order valence-electron chi connectivity index (χ2n) is 6.55. The van der Waals surface area contributed by atoms with Gasteiger partial charge >= 0.3 is 0 Å². The van der Waals surface area contributed by atoms with Gasteiger partial charge in [-0.15, -0.1) is 18.0 Å². The van der Waals surface area contributed by atoms with Gasteiger partial charge in [-0.1, -0.05) is 12.8 Å². The number of nitrogens with zero attached hydrogens (tertiary/aromatic N) is 2.